The summed E-state index contributed by atoms with van der Waals surface area (Å²) in [4.78, 5) is 14.0. The molecular weight excluding hydrogens is 280 g/mol. The summed E-state index contributed by atoms with van der Waals surface area (Å²) in [5.41, 5.74) is 1.95. The van der Waals surface area contributed by atoms with E-state index in [-0.39, 0.29) is 5.91 Å². The lowest BCUT2D eigenvalue weighted by Crippen LogP contribution is -2.43. The van der Waals surface area contributed by atoms with E-state index in [4.69, 9.17) is 12.2 Å². The van der Waals surface area contributed by atoms with Crippen molar-refractivity contribution in [2.75, 3.05) is 11.4 Å². The molecule has 0 aliphatic rings. The molecule has 3 nitrogen and oxygen atoms in total. The zero-order valence-corrected chi connectivity index (χ0v) is 12.8. The van der Waals surface area contributed by atoms with E-state index in [1.807, 2.05) is 72.5 Å². The van der Waals surface area contributed by atoms with E-state index in [9.17, 15) is 4.79 Å². The fraction of sp³-hybridized carbons (Fsp3) is 0.176. The number of anilines is 1. The summed E-state index contributed by atoms with van der Waals surface area (Å²) < 4.78 is 0. The van der Waals surface area contributed by atoms with Crippen LogP contribution in [0, 0.1) is 0 Å². The highest BCUT2D eigenvalue weighted by Crippen LogP contribution is 2.13. The van der Waals surface area contributed by atoms with Gasteiger partial charge in [-0.1, -0.05) is 48.5 Å². The smallest absolute Gasteiger partial charge is 0.230 e. The lowest BCUT2D eigenvalue weighted by molar-refractivity contribution is -0.119. The van der Waals surface area contributed by atoms with Gasteiger partial charge in [0.25, 0.3) is 0 Å². The van der Waals surface area contributed by atoms with Crippen molar-refractivity contribution in [2.24, 2.45) is 0 Å². The van der Waals surface area contributed by atoms with Gasteiger partial charge < -0.3 is 10.2 Å². The Morgan fingerprint density at radius 3 is 2.19 bits per heavy atom. The molecule has 21 heavy (non-hydrogen) atoms. The molecule has 1 amide bonds. The molecule has 108 valence electrons. The summed E-state index contributed by atoms with van der Waals surface area (Å²) in [6, 6.07) is 19.4. The minimum Gasteiger partial charge on any atom is -0.319 e. The highest BCUT2D eigenvalue weighted by molar-refractivity contribution is 7.80. The van der Waals surface area contributed by atoms with Crippen molar-refractivity contribution in [1.82, 2.24) is 5.32 Å². The maximum Gasteiger partial charge on any atom is 0.230 e. The van der Waals surface area contributed by atoms with E-state index in [1.54, 1.807) is 0 Å². The van der Waals surface area contributed by atoms with Crippen LogP contribution in [0.4, 0.5) is 5.69 Å². The minimum atomic E-state index is -0.0967. The molecule has 2 aromatic carbocycles. The molecular formula is C17H18N2OS. The molecule has 2 aromatic rings. The van der Waals surface area contributed by atoms with Crippen molar-refractivity contribution in [3.8, 4) is 0 Å². The SMILES string of the molecule is CCN(C(=S)NC(=O)Cc1ccccc1)c1ccccc1. The fourth-order valence-electron chi connectivity index (χ4n) is 2.06. The molecule has 0 spiro atoms. The molecule has 0 saturated heterocycles. The molecule has 0 aliphatic carbocycles. The number of thiocarbonyl (C=S) groups is 1. The van der Waals surface area contributed by atoms with Crippen molar-refractivity contribution in [1.29, 1.82) is 0 Å². The Morgan fingerprint density at radius 1 is 1.05 bits per heavy atom. The summed E-state index contributed by atoms with van der Waals surface area (Å²) in [6.45, 7) is 2.71. The standard InChI is InChI=1S/C17H18N2OS/c1-2-19(15-11-7-4-8-12-15)17(21)18-16(20)13-14-9-5-3-6-10-14/h3-12H,2,13H2,1H3,(H,18,20,21). The number of carbonyl (C=O) groups excluding carboxylic acids is 1. The van der Waals surface area contributed by atoms with Crippen molar-refractivity contribution in [2.45, 2.75) is 13.3 Å². The Balaban J connectivity index is 1.98. The first-order valence-corrected chi connectivity index (χ1v) is 7.32. The number of nitrogens with zero attached hydrogens (tertiary/aromatic N) is 1. The van der Waals surface area contributed by atoms with Crippen LogP contribution in [0.3, 0.4) is 0 Å². The average Bonchev–Trinajstić information content (AvgIpc) is 2.50. The van der Waals surface area contributed by atoms with Crippen LogP contribution in [-0.2, 0) is 11.2 Å². The Hall–Kier alpha value is -2.20. The van der Waals surface area contributed by atoms with E-state index in [0.29, 0.717) is 18.1 Å². The summed E-state index contributed by atoms with van der Waals surface area (Å²) in [6.07, 6.45) is 0.327. The van der Waals surface area contributed by atoms with Gasteiger partial charge >= 0.3 is 0 Å². The summed E-state index contributed by atoms with van der Waals surface area (Å²) >= 11 is 5.34. The third-order valence-electron chi connectivity index (χ3n) is 3.08. The maximum absolute atomic E-state index is 12.0. The lowest BCUT2D eigenvalue weighted by Gasteiger charge is -2.23. The van der Waals surface area contributed by atoms with Crippen molar-refractivity contribution in [3.05, 3.63) is 66.2 Å². The molecule has 0 atom stereocenters. The Labute approximate surface area is 130 Å². The molecule has 0 bridgehead atoms. The third kappa shape index (κ3) is 4.39. The first kappa shape index (κ1) is 15.2. The topological polar surface area (TPSA) is 32.3 Å². The number of para-hydroxylation sites is 1. The van der Waals surface area contributed by atoms with E-state index >= 15 is 0 Å². The van der Waals surface area contributed by atoms with E-state index in [0.717, 1.165) is 11.3 Å². The second-order valence-corrected chi connectivity index (χ2v) is 4.98. The normalized spacial score (nSPS) is 9.95. The Kier molecular flexibility index (Phi) is 5.46. The molecule has 4 heteroatoms. The van der Waals surface area contributed by atoms with Gasteiger partial charge in [0.1, 0.15) is 0 Å². The second-order valence-electron chi connectivity index (χ2n) is 4.60. The molecule has 0 radical (unpaired) electrons. The van der Waals surface area contributed by atoms with E-state index < -0.39 is 0 Å². The third-order valence-corrected chi connectivity index (χ3v) is 3.41. The molecule has 1 N–H and O–H groups in total. The first-order chi connectivity index (χ1) is 10.2. The quantitative estimate of drug-likeness (QED) is 0.880. The van der Waals surface area contributed by atoms with Gasteiger partial charge in [-0.25, -0.2) is 0 Å². The number of carbonyl (C=O) groups is 1. The highest BCUT2D eigenvalue weighted by Gasteiger charge is 2.12. The molecule has 0 fully saturated rings. The summed E-state index contributed by atoms with van der Waals surface area (Å²) in [7, 11) is 0. The van der Waals surface area contributed by atoms with Crippen LogP contribution in [0.25, 0.3) is 0 Å². The van der Waals surface area contributed by atoms with Crippen LogP contribution < -0.4 is 10.2 Å². The van der Waals surface area contributed by atoms with Crippen LogP contribution in [0.15, 0.2) is 60.7 Å². The number of hydrogen-bond acceptors (Lipinski definition) is 2. The predicted molar refractivity (Wildman–Crippen MR) is 90.3 cm³/mol. The monoisotopic (exact) mass is 298 g/mol. The van der Waals surface area contributed by atoms with Crippen molar-refractivity contribution >= 4 is 28.9 Å². The second kappa shape index (κ2) is 7.55. The van der Waals surface area contributed by atoms with E-state index in [2.05, 4.69) is 5.32 Å². The number of benzene rings is 2. The molecule has 0 aliphatic heterocycles. The lowest BCUT2D eigenvalue weighted by atomic mass is 10.1. The molecule has 0 heterocycles. The molecule has 2 rings (SSSR count). The zero-order valence-electron chi connectivity index (χ0n) is 12.0. The fourth-order valence-corrected chi connectivity index (χ4v) is 2.41. The van der Waals surface area contributed by atoms with Crippen molar-refractivity contribution < 1.29 is 4.79 Å². The van der Waals surface area contributed by atoms with Gasteiger partial charge in [0, 0.05) is 12.2 Å². The van der Waals surface area contributed by atoms with Crippen LogP contribution in [0.2, 0.25) is 0 Å². The van der Waals surface area contributed by atoms with Gasteiger partial charge in [0.05, 0.1) is 6.42 Å². The Morgan fingerprint density at radius 2 is 1.62 bits per heavy atom. The van der Waals surface area contributed by atoms with Gasteiger partial charge in [0.2, 0.25) is 5.91 Å². The number of hydrogen-bond donors (Lipinski definition) is 1. The average molecular weight is 298 g/mol. The van der Waals surface area contributed by atoms with Crippen LogP contribution in [0.5, 0.6) is 0 Å². The van der Waals surface area contributed by atoms with Gasteiger partial charge in [-0.15, -0.1) is 0 Å². The minimum absolute atomic E-state index is 0.0967. The number of nitrogens with one attached hydrogen (secondary N) is 1. The zero-order chi connectivity index (χ0) is 15.1. The van der Waals surface area contributed by atoms with Crippen LogP contribution in [-0.4, -0.2) is 17.6 Å². The molecule has 0 aromatic heterocycles. The molecule has 0 unspecified atom stereocenters. The largest absolute Gasteiger partial charge is 0.319 e. The van der Waals surface area contributed by atoms with Gasteiger partial charge in [0.15, 0.2) is 5.11 Å². The van der Waals surface area contributed by atoms with Crippen LogP contribution in [0.1, 0.15) is 12.5 Å². The van der Waals surface area contributed by atoms with Gasteiger partial charge in [-0.2, -0.15) is 0 Å². The van der Waals surface area contributed by atoms with Gasteiger partial charge in [-0.05, 0) is 36.8 Å². The summed E-state index contributed by atoms with van der Waals surface area (Å²) in [5, 5.41) is 3.23. The number of amides is 1. The highest BCUT2D eigenvalue weighted by atomic mass is 32.1. The molecule has 0 saturated carbocycles. The predicted octanol–water partition coefficient (Wildman–Crippen LogP) is 3.16. The first-order valence-electron chi connectivity index (χ1n) is 6.91. The summed E-state index contributed by atoms with van der Waals surface area (Å²) in [5.74, 6) is -0.0967. The number of rotatable bonds is 4. The van der Waals surface area contributed by atoms with E-state index in [1.165, 1.54) is 0 Å². The van der Waals surface area contributed by atoms with Gasteiger partial charge in [-0.3, -0.25) is 4.79 Å². The Bertz CT molecular complexity index is 599. The van der Waals surface area contributed by atoms with Crippen LogP contribution >= 0.6 is 12.2 Å². The maximum atomic E-state index is 12.0. The van der Waals surface area contributed by atoms with Crippen molar-refractivity contribution in [3.63, 3.8) is 0 Å².